The lowest BCUT2D eigenvalue weighted by atomic mass is 10.1. The zero-order chi connectivity index (χ0) is 15.1. The first kappa shape index (κ1) is 16.5. The third-order valence-corrected chi connectivity index (χ3v) is 5.83. The summed E-state index contributed by atoms with van der Waals surface area (Å²) in [5.41, 5.74) is 1.17. The Morgan fingerprint density at radius 2 is 2.05 bits per heavy atom. The molecule has 1 saturated heterocycles. The van der Waals surface area contributed by atoms with Crippen LogP contribution < -0.4 is 10.6 Å². The van der Waals surface area contributed by atoms with E-state index in [1.807, 2.05) is 12.1 Å². The molecule has 1 unspecified atom stereocenters. The van der Waals surface area contributed by atoms with Gasteiger partial charge in [0.15, 0.2) is 9.84 Å². The molecule has 1 aromatic carbocycles. The average molecular weight is 310 g/mol. The number of sulfone groups is 1. The molecule has 0 spiro atoms. The maximum atomic E-state index is 12.2. The molecular formula is C16H26N2O2S. The van der Waals surface area contributed by atoms with Crippen LogP contribution in [0.15, 0.2) is 29.2 Å². The molecular weight excluding hydrogens is 284 g/mol. The van der Waals surface area contributed by atoms with Gasteiger partial charge >= 0.3 is 0 Å². The van der Waals surface area contributed by atoms with Crippen molar-refractivity contribution in [3.05, 3.63) is 29.8 Å². The largest absolute Gasteiger partial charge is 0.315 e. The van der Waals surface area contributed by atoms with Crippen LogP contribution in [0.5, 0.6) is 0 Å². The van der Waals surface area contributed by atoms with Gasteiger partial charge in [0.1, 0.15) is 0 Å². The first-order valence-electron chi connectivity index (χ1n) is 7.87. The third-order valence-electron chi connectivity index (χ3n) is 4.01. The lowest BCUT2D eigenvalue weighted by molar-refractivity contribution is 0.391. The molecule has 1 aromatic rings. The van der Waals surface area contributed by atoms with Crippen LogP contribution in [-0.4, -0.2) is 39.8 Å². The Balaban J connectivity index is 1.77. The smallest absolute Gasteiger partial charge is 0.178 e. The number of nitrogens with one attached hydrogen (secondary N) is 2. The summed E-state index contributed by atoms with van der Waals surface area (Å²) in [4.78, 5) is 0.444. The van der Waals surface area contributed by atoms with E-state index in [2.05, 4.69) is 17.6 Å². The number of hydrogen-bond acceptors (Lipinski definition) is 4. The molecule has 0 aliphatic carbocycles. The Kier molecular flexibility index (Phi) is 6.21. The van der Waals surface area contributed by atoms with Crippen molar-refractivity contribution >= 4 is 9.84 Å². The summed E-state index contributed by atoms with van der Waals surface area (Å²) in [6.07, 6.45) is 3.96. The molecule has 118 valence electrons. The summed E-state index contributed by atoms with van der Waals surface area (Å²) < 4.78 is 24.5. The van der Waals surface area contributed by atoms with Crippen LogP contribution >= 0.6 is 0 Å². The second kappa shape index (κ2) is 7.92. The molecule has 0 radical (unpaired) electrons. The van der Waals surface area contributed by atoms with Gasteiger partial charge in [-0.3, -0.25) is 0 Å². The molecule has 2 rings (SSSR count). The Morgan fingerprint density at radius 1 is 1.29 bits per heavy atom. The molecule has 0 bridgehead atoms. The lowest BCUT2D eigenvalue weighted by Crippen LogP contribution is -2.43. The molecule has 21 heavy (non-hydrogen) atoms. The highest BCUT2D eigenvalue weighted by molar-refractivity contribution is 7.91. The van der Waals surface area contributed by atoms with Gasteiger partial charge in [0.05, 0.1) is 10.6 Å². The van der Waals surface area contributed by atoms with Crippen molar-refractivity contribution < 1.29 is 8.42 Å². The predicted octanol–water partition coefficient (Wildman–Crippen LogP) is 1.75. The van der Waals surface area contributed by atoms with E-state index in [1.165, 1.54) is 18.4 Å². The van der Waals surface area contributed by atoms with Gasteiger partial charge in [0, 0.05) is 12.6 Å². The molecule has 1 fully saturated rings. The first-order chi connectivity index (χ1) is 10.1. The molecule has 1 aliphatic heterocycles. The van der Waals surface area contributed by atoms with E-state index in [-0.39, 0.29) is 5.75 Å². The van der Waals surface area contributed by atoms with E-state index in [4.69, 9.17) is 0 Å². The summed E-state index contributed by atoms with van der Waals surface area (Å²) >= 11 is 0. The van der Waals surface area contributed by atoms with E-state index in [1.54, 1.807) is 12.1 Å². The van der Waals surface area contributed by atoms with Crippen LogP contribution in [0.4, 0.5) is 0 Å². The third kappa shape index (κ3) is 5.09. The highest BCUT2D eigenvalue weighted by Crippen LogP contribution is 2.13. The number of hydrogen-bond donors (Lipinski definition) is 2. The highest BCUT2D eigenvalue weighted by Gasteiger charge is 2.15. The molecule has 1 atom stereocenters. The predicted molar refractivity (Wildman–Crippen MR) is 86.4 cm³/mol. The quantitative estimate of drug-likeness (QED) is 0.754. The number of rotatable bonds is 7. The van der Waals surface area contributed by atoms with Crippen molar-refractivity contribution in [1.29, 1.82) is 0 Å². The fourth-order valence-corrected chi connectivity index (χ4v) is 3.96. The highest BCUT2D eigenvalue weighted by atomic mass is 32.2. The molecule has 0 aromatic heterocycles. The van der Waals surface area contributed by atoms with Gasteiger partial charge in [0.25, 0.3) is 0 Å². The Morgan fingerprint density at radius 3 is 2.67 bits per heavy atom. The molecule has 2 N–H and O–H groups in total. The fraction of sp³-hybridized carbons (Fsp3) is 0.625. The fourth-order valence-electron chi connectivity index (χ4n) is 2.64. The van der Waals surface area contributed by atoms with Crippen LogP contribution in [0.25, 0.3) is 0 Å². The van der Waals surface area contributed by atoms with Crippen molar-refractivity contribution in [2.75, 3.05) is 25.4 Å². The van der Waals surface area contributed by atoms with E-state index < -0.39 is 9.84 Å². The monoisotopic (exact) mass is 310 g/mol. The average Bonchev–Trinajstić information content (AvgIpc) is 2.53. The van der Waals surface area contributed by atoms with Gasteiger partial charge < -0.3 is 10.6 Å². The topological polar surface area (TPSA) is 58.2 Å². The van der Waals surface area contributed by atoms with Gasteiger partial charge in [-0.05, 0) is 56.5 Å². The summed E-state index contributed by atoms with van der Waals surface area (Å²) in [6, 6.07) is 7.75. The zero-order valence-electron chi connectivity index (χ0n) is 12.8. The van der Waals surface area contributed by atoms with Gasteiger partial charge in [0.2, 0.25) is 0 Å². The summed E-state index contributed by atoms with van der Waals surface area (Å²) in [5, 5.41) is 6.78. The molecule has 0 saturated carbocycles. The van der Waals surface area contributed by atoms with Gasteiger partial charge in [-0.25, -0.2) is 8.42 Å². The Bertz CT molecular complexity index is 520. The standard InChI is InChI=1S/C16H26N2O2S/c1-2-14-6-8-16(9-7-14)21(19,20)12-4-11-18-15-5-3-10-17-13-15/h6-9,15,17-18H,2-5,10-13H2,1H3. The molecule has 4 nitrogen and oxygen atoms in total. The van der Waals surface area contributed by atoms with Crippen molar-refractivity contribution in [2.24, 2.45) is 0 Å². The number of aryl methyl sites for hydroxylation is 1. The minimum absolute atomic E-state index is 0.214. The number of benzene rings is 1. The molecule has 0 amide bonds. The number of piperidine rings is 1. The van der Waals surface area contributed by atoms with Crippen LogP contribution in [0, 0.1) is 0 Å². The van der Waals surface area contributed by atoms with Crippen LogP contribution in [0.1, 0.15) is 31.7 Å². The minimum atomic E-state index is -3.14. The molecule has 1 heterocycles. The van der Waals surface area contributed by atoms with Crippen molar-refractivity contribution in [3.8, 4) is 0 Å². The maximum absolute atomic E-state index is 12.2. The second-order valence-corrected chi connectivity index (χ2v) is 7.78. The first-order valence-corrected chi connectivity index (χ1v) is 9.53. The molecule has 1 aliphatic rings. The SMILES string of the molecule is CCc1ccc(S(=O)(=O)CCCNC2CCCNC2)cc1. The zero-order valence-corrected chi connectivity index (χ0v) is 13.6. The van der Waals surface area contributed by atoms with Gasteiger partial charge in [-0.2, -0.15) is 0 Å². The van der Waals surface area contributed by atoms with Crippen molar-refractivity contribution in [1.82, 2.24) is 10.6 Å². The summed E-state index contributed by atoms with van der Waals surface area (Å²) in [6.45, 7) is 4.92. The van der Waals surface area contributed by atoms with Crippen molar-refractivity contribution in [3.63, 3.8) is 0 Å². The van der Waals surface area contributed by atoms with Crippen LogP contribution in [0.3, 0.4) is 0 Å². The van der Waals surface area contributed by atoms with E-state index in [0.717, 1.165) is 26.1 Å². The van der Waals surface area contributed by atoms with Gasteiger partial charge in [-0.15, -0.1) is 0 Å². The van der Waals surface area contributed by atoms with E-state index in [0.29, 0.717) is 17.4 Å². The summed E-state index contributed by atoms with van der Waals surface area (Å²) in [7, 11) is -3.14. The Hall–Kier alpha value is -0.910. The van der Waals surface area contributed by atoms with Crippen LogP contribution in [0.2, 0.25) is 0 Å². The van der Waals surface area contributed by atoms with E-state index in [9.17, 15) is 8.42 Å². The normalized spacial score (nSPS) is 19.6. The lowest BCUT2D eigenvalue weighted by Gasteiger charge is -2.23. The van der Waals surface area contributed by atoms with Crippen LogP contribution in [-0.2, 0) is 16.3 Å². The van der Waals surface area contributed by atoms with E-state index >= 15 is 0 Å². The second-order valence-electron chi connectivity index (χ2n) is 5.67. The maximum Gasteiger partial charge on any atom is 0.178 e. The Labute approximate surface area is 128 Å². The summed E-state index contributed by atoms with van der Waals surface area (Å²) in [5.74, 6) is 0.214. The molecule has 5 heteroatoms. The minimum Gasteiger partial charge on any atom is -0.315 e. The van der Waals surface area contributed by atoms with Gasteiger partial charge in [-0.1, -0.05) is 19.1 Å². The van der Waals surface area contributed by atoms with Crippen molar-refractivity contribution in [2.45, 2.75) is 43.5 Å².